The first-order valence-corrected chi connectivity index (χ1v) is 7.97. The van der Waals surface area contributed by atoms with Crippen molar-refractivity contribution in [2.24, 2.45) is 0 Å². The molecule has 1 aromatic rings. The van der Waals surface area contributed by atoms with E-state index in [0.29, 0.717) is 0 Å². The van der Waals surface area contributed by atoms with Crippen LogP contribution in [0.1, 0.15) is 26.8 Å². The quantitative estimate of drug-likeness (QED) is 0.729. The van der Waals surface area contributed by atoms with Crippen molar-refractivity contribution in [1.29, 1.82) is 0 Å². The van der Waals surface area contributed by atoms with E-state index in [1.54, 1.807) is 24.2 Å². The molecule has 106 valence electrons. The predicted octanol–water partition coefficient (Wildman–Crippen LogP) is 0.00930. The molecule has 2 rings (SSSR count). The third kappa shape index (κ3) is 3.58. The zero-order chi connectivity index (χ0) is 14.3. The molecule has 1 fully saturated rings. The Hall–Kier alpha value is -0.855. The van der Waals surface area contributed by atoms with Gasteiger partial charge in [0.2, 0.25) is 0 Å². The molecule has 1 aromatic heterocycles. The summed E-state index contributed by atoms with van der Waals surface area (Å²) in [5.74, 6) is 0.317. The Morgan fingerprint density at radius 3 is 2.53 bits per heavy atom. The van der Waals surface area contributed by atoms with E-state index >= 15 is 0 Å². The van der Waals surface area contributed by atoms with E-state index in [0.717, 1.165) is 5.46 Å². The van der Waals surface area contributed by atoms with Gasteiger partial charge in [0.25, 0.3) is 0 Å². The predicted molar refractivity (Wildman–Crippen MR) is 73.2 cm³/mol. The van der Waals surface area contributed by atoms with Gasteiger partial charge in [0.1, 0.15) is 0 Å². The lowest BCUT2D eigenvalue weighted by Gasteiger charge is -2.26. The summed E-state index contributed by atoms with van der Waals surface area (Å²) in [6, 6.07) is -0.0640. The summed E-state index contributed by atoms with van der Waals surface area (Å²) in [5.41, 5.74) is 0.462. The number of hydrogen-bond acceptors (Lipinski definition) is 5. The highest BCUT2D eigenvalue weighted by Gasteiger charge is 2.36. The minimum Gasteiger partial charge on any atom is -0.410 e. The minimum absolute atomic E-state index is 0.0640. The van der Waals surface area contributed by atoms with Crippen molar-refractivity contribution in [1.82, 2.24) is 9.78 Å². The molecule has 8 heteroatoms. The first-order chi connectivity index (χ1) is 8.70. The van der Waals surface area contributed by atoms with Crippen LogP contribution in [-0.2, 0) is 19.1 Å². The van der Waals surface area contributed by atoms with Crippen molar-refractivity contribution in [2.45, 2.75) is 32.4 Å². The van der Waals surface area contributed by atoms with Crippen LogP contribution in [0, 0.1) is 0 Å². The zero-order valence-electron chi connectivity index (χ0n) is 11.7. The zero-order valence-corrected chi connectivity index (χ0v) is 12.5. The Balaban J connectivity index is 2.07. The van der Waals surface area contributed by atoms with Crippen LogP contribution in [0.5, 0.6) is 0 Å². The maximum absolute atomic E-state index is 11.2. The van der Waals surface area contributed by atoms with Gasteiger partial charge in [-0.3, -0.25) is 4.68 Å². The first-order valence-electron chi connectivity index (χ1n) is 6.15. The summed E-state index contributed by atoms with van der Waals surface area (Å²) in [6.07, 6.45) is 3.45. The van der Waals surface area contributed by atoms with Crippen LogP contribution in [0.15, 0.2) is 12.4 Å². The summed E-state index contributed by atoms with van der Waals surface area (Å²) in [6.45, 7) is 5.84. The average Bonchev–Trinajstić information content (AvgIpc) is 2.70. The van der Waals surface area contributed by atoms with Crippen LogP contribution in [0.25, 0.3) is 0 Å². The van der Waals surface area contributed by atoms with Crippen molar-refractivity contribution >= 4 is 22.4 Å². The maximum Gasteiger partial charge on any atom is 0.497 e. The van der Waals surface area contributed by atoms with Gasteiger partial charge in [-0.25, -0.2) is 8.42 Å². The summed E-state index contributed by atoms with van der Waals surface area (Å²) in [7, 11) is -1.77. The van der Waals surface area contributed by atoms with Gasteiger partial charge in [-0.15, -0.1) is 0 Å². The fraction of sp³-hybridized carbons (Fsp3) is 0.727. The number of rotatable bonds is 4. The molecule has 0 aromatic carbocycles. The average molecular weight is 286 g/mol. The van der Waals surface area contributed by atoms with E-state index in [9.17, 15) is 8.42 Å². The summed E-state index contributed by atoms with van der Waals surface area (Å²) in [5, 5.41) is 4.19. The van der Waals surface area contributed by atoms with E-state index in [-0.39, 0.29) is 23.1 Å². The second kappa shape index (κ2) is 4.92. The van der Waals surface area contributed by atoms with E-state index in [2.05, 4.69) is 5.10 Å². The first kappa shape index (κ1) is 14.6. The van der Waals surface area contributed by atoms with Crippen molar-refractivity contribution in [3.05, 3.63) is 12.4 Å². The van der Waals surface area contributed by atoms with Crippen molar-refractivity contribution in [3.8, 4) is 0 Å². The molecule has 1 saturated heterocycles. The molecule has 0 atom stereocenters. The molecule has 2 heterocycles. The molecule has 19 heavy (non-hydrogen) atoms. The van der Waals surface area contributed by atoms with Gasteiger partial charge >= 0.3 is 7.12 Å². The summed E-state index contributed by atoms with van der Waals surface area (Å²) < 4.78 is 35.1. The van der Waals surface area contributed by atoms with Gasteiger partial charge in [0, 0.05) is 30.6 Å². The Morgan fingerprint density at radius 1 is 1.42 bits per heavy atom. The Morgan fingerprint density at radius 2 is 2.05 bits per heavy atom. The lowest BCUT2D eigenvalue weighted by molar-refractivity contribution is 0.0982. The second-order valence-corrected chi connectivity index (χ2v) is 7.94. The molecule has 0 saturated carbocycles. The molecule has 0 unspecified atom stereocenters. The third-order valence-electron chi connectivity index (χ3n) is 2.84. The minimum atomic E-state index is -2.85. The van der Waals surface area contributed by atoms with Crippen LogP contribution in [0.4, 0.5) is 0 Å². The fourth-order valence-corrected chi connectivity index (χ4v) is 3.32. The highest BCUT2D eigenvalue weighted by Crippen LogP contribution is 2.22. The van der Waals surface area contributed by atoms with Gasteiger partial charge in [-0.1, -0.05) is 0 Å². The number of aromatic nitrogens is 2. The van der Waals surface area contributed by atoms with Crippen LogP contribution >= 0.6 is 0 Å². The third-order valence-corrected chi connectivity index (χ3v) is 4.62. The standard InChI is InChI=1S/C11H19BN2O4S/c1-11(2,3)18-12(17-4)9-5-13-14(6-9)10-7-19(15,16)8-10/h5-6,10H,7-8H2,1-4H3. The summed E-state index contributed by atoms with van der Waals surface area (Å²) in [4.78, 5) is 0. The summed E-state index contributed by atoms with van der Waals surface area (Å²) >= 11 is 0. The Bertz CT molecular complexity index is 537. The second-order valence-electron chi connectivity index (χ2n) is 5.78. The van der Waals surface area contributed by atoms with Crippen LogP contribution in [-0.4, -0.2) is 49.5 Å². The molecule has 0 amide bonds. The maximum atomic E-state index is 11.2. The molecular formula is C11H19BN2O4S. The largest absolute Gasteiger partial charge is 0.497 e. The lowest BCUT2D eigenvalue weighted by atomic mass is 9.80. The normalized spacial score (nSPS) is 19.2. The van der Waals surface area contributed by atoms with Gasteiger partial charge in [-0.05, 0) is 20.8 Å². The van der Waals surface area contributed by atoms with E-state index in [4.69, 9.17) is 9.31 Å². The molecule has 6 nitrogen and oxygen atoms in total. The topological polar surface area (TPSA) is 70.4 Å². The number of nitrogens with zero attached hydrogens (tertiary/aromatic N) is 2. The molecule has 0 bridgehead atoms. The van der Waals surface area contributed by atoms with Gasteiger partial charge in [-0.2, -0.15) is 5.10 Å². The van der Waals surface area contributed by atoms with Crippen LogP contribution < -0.4 is 5.46 Å². The molecule has 0 spiro atoms. The van der Waals surface area contributed by atoms with E-state index < -0.39 is 17.0 Å². The van der Waals surface area contributed by atoms with Gasteiger partial charge < -0.3 is 9.31 Å². The van der Waals surface area contributed by atoms with Crippen molar-refractivity contribution in [2.75, 3.05) is 18.6 Å². The highest BCUT2D eigenvalue weighted by molar-refractivity contribution is 7.92. The molecular weight excluding hydrogens is 267 g/mol. The van der Waals surface area contributed by atoms with Crippen LogP contribution in [0.2, 0.25) is 0 Å². The van der Waals surface area contributed by atoms with Crippen molar-refractivity contribution < 1.29 is 17.7 Å². The van der Waals surface area contributed by atoms with Gasteiger partial charge in [0.05, 0.1) is 17.5 Å². The van der Waals surface area contributed by atoms with Crippen molar-refractivity contribution in [3.63, 3.8) is 0 Å². The number of hydrogen-bond donors (Lipinski definition) is 0. The SMILES string of the molecule is COB(OC(C)(C)C)c1cnn(C2CS(=O)(=O)C2)c1. The van der Waals surface area contributed by atoms with Crippen LogP contribution in [0.3, 0.4) is 0 Å². The van der Waals surface area contributed by atoms with E-state index in [1.165, 1.54) is 0 Å². The smallest absolute Gasteiger partial charge is 0.410 e. The Kier molecular flexibility index (Phi) is 3.77. The Labute approximate surface area is 114 Å². The molecule has 0 aliphatic carbocycles. The van der Waals surface area contributed by atoms with Gasteiger partial charge in [0.15, 0.2) is 9.84 Å². The number of sulfone groups is 1. The molecule has 0 radical (unpaired) electrons. The molecule has 1 aliphatic heterocycles. The monoisotopic (exact) mass is 286 g/mol. The lowest BCUT2D eigenvalue weighted by Crippen LogP contribution is -2.42. The molecule has 0 N–H and O–H groups in total. The highest BCUT2D eigenvalue weighted by atomic mass is 32.2. The molecule has 1 aliphatic rings. The fourth-order valence-electron chi connectivity index (χ4n) is 1.94. The van der Waals surface area contributed by atoms with E-state index in [1.807, 2.05) is 20.8 Å².